The van der Waals surface area contributed by atoms with Gasteiger partial charge in [0.05, 0.1) is 0 Å². The van der Waals surface area contributed by atoms with Crippen LogP contribution in [-0.2, 0) is 0 Å². The maximum absolute atomic E-state index is 3.85. The van der Waals surface area contributed by atoms with Crippen molar-refractivity contribution in [3.63, 3.8) is 0 Å². The third-order valence-corrected chi connectivity index (χ3v) is 2.83. The van der Waals surface area contributed by atoms with E-state index in [2.05, 4.69) is 37.5 Å². The Balaban J connectivity index is 3.14. The van der Waals surface area contributed by atoms with Crippen molar-refractivity contribution in [2.24, 2.45) is 0 Å². The molecule has 18 heavy (non-hydrogen) atoms. The Hall–Kier alpha value is -0.880. The molecule has 0 saturated heterocycles. The van der Waals surface area contributed by atoms with E-state index < -0.39 is 0 Å². The molecular formula is C18H29. The van der Waals surface area contributed by atoms with Gasteiger partial charge >= 0.3 is 0 Å². The van der Waals surface area contributed by atoms with E-state index in [0.717, 1.165) is 32.1 Å². The summed E-state index contributed by atoms with van der Waals surface area (Å²) in [5.41, 5.74) is 0. The zero-order valence-corrected chi connectivity index (χ0v) is 12.2. The van der Waals surface area contributed by atoms with Crippen LogP contribution in [0.2, 0.25) is 0 Å². The summed E-state index contributed by atoms with van der Waals surface area (Å²) in [7, 11) is 0. The summed E-state index contributed by atoms with van der Waals surface area (Å²) in [4.78, 5) is 0. The topological polar surface area (TPSA) is 0 Å². The number of hydrogen-bond acceptors (Lipinski definition) is 0. The molecule has 0 aromatic rings. The highest BCUT2D eigenvalue weighted by atomic mass is 13.9. The van der Waals surface area contributed by atoms with Crippen LogP contribution in [0.3, 0.4) is 0 Å². The van der Waals surface area contributed by atoms with Gasteiger partial charge in [-0.15, -0.1) is 23.7 Å². The predicted octanol–water partition coefficient (Wildman–Crippen LogP) is 5.53. The molecule has 0 heterocycles. The van der Waals surface area contributed by atoms with E-state index in [0.29, 0.717) is 0 Å². The molecule has 1 radical (unpaired) electrons. The minimum Gasteiger partial charge on any atom is -0.104 e. The minimum absolute atomic E-state index is 0.981. The lowest BCUT2D eigenvalue weighted by atomic mass is 10.1. The van der Waals surface area contributed by atoms with Crippen LogP contribution in [0.1, 0.15) is 84.0 Å². The standard InChI is InChI=1S/C18H29/c1-3-5-7-9-11-13-15-17-18-16-14-12-10-8-6-4-2/h1,3-5,7,9-16H2,2H3. The second kappa shape index (κ2) is 16.1. The summed E-state index contributed by atoms with van der Waals surface area (Å²) >= 11 is 0. The summed E-state index contributed by atoms with van der Waals surface area (Å²) in [6.07, 6.45) is 14.2. The van der Waals surface area contributed by atoms with Gasteiger partial charge in [-0.1, -0.05) is 46.0 Å². The van der Waals surface area contributed by atoms with Gasteiger partial charge in [-0.3, -0.25) is 0 Å². The van der Waals surface area contributed by atoms with Crippen LogP contribution < -0.4 is 0 Å². The van der Waals surface area contributed by atoms with Gasteiger partial charge in [0, 0.05) is 25.7 Å². The Morgan fingerprint density at radius 2 is 1.06 bits per heavy atom. The fraction of sp³-hybridized carbons (Fsp3) is 0.722. The molecule has 0 bridgehead atoms. The van der Waals surface area contributed by atoms with Crippen molar-refractivity contribution in [2.75, 3.05) is 0 Å². The fourth-order valence-corrected chi connectivity index (χ4v) is 1.74. The second-order valence-electron chi connectivity index (χ2n) is 4.64. The molecule has 0 rings (SSSR count). The highest BCUT2D eigenvalue weighted by Crippen LogP contribution is 2.06. The van der Waals surface area contributed by atoms with Crippen molar-refractivity contribution >= 4 is 0 Å². The minimum atomic E-state index is 0.981. The average Bonchev–Trinajstić information content (AvgIpc) is 2.39. The quantitative estimate of drug-likeness (QED) is 0.370. The van der Waals surface area contributed by atoms with Crippen LogP contribution in [-0.4, -0.2) is 0 Å². The molecule has 0 aliphatic heterocycles. The normalized spacial score (nSPS) is 9.22. The van der Waals surface area contributed by atoms with Crippen molar-refractivity contribution in [1.82, 2.24) is 0 Å². The van der Waals surface area contributed by atoms with E-state index in [1.165, 1.54) is 44.9 Å². The summed E-state index contributed by atoms with van der Waals surface area (Å²) in [6, 6.07) is 0. The Labute approximate surface area is 115 Å². The lowest BCUT2D eigenvalue weighted by Gasteiger charge is -1.96. The first-order valence-electron chi connectivity index (χ1n) is 7.62. The Morgan fingerprint density at radius 3 is 1.61 bits per heavy atom. The van der Waals surface area contributed by atoms with Crippen LogP contribution in [0.15, 0.2) is 0 Å². The molecular weight excluding hydrogens is 216 g/mol. The van der Waals surface area contributed by atoms with Crippen LogP contribution in [0, 0.1) is 30.6 Å². The van der Waals surface area contributed by atoms with E-state index in [-0.39, 0.29) is 0 Å². The number of rotatable bonds is 9. The first-order valence-corrected chi connectivity index (χ1v) is 7.62. The smallest absolute Gasteiger partial charge is 0.00890 e. The summed E-state index contributed by atoms with van der Waals surface area (Å²) in [6.45, 7) is 5.95. The van der Waals surface area contributed by atoms with Gasteiger partial charge in [-0.05, 0) is 19.3 Å². The lowest BCUT2D eigenvalue weighted by molar-refractivity contribution is 0.624. The molecule has 0 atom stereocenters. The van der Waals surface area contributed by atoms with Crippen LogP contribution in [0.4, 0.5) is 0 Å². The van der Waals surface area contributed by atoms with E-state index in [4.69, 9.17) is 0 Å². The van der Waals surface area contributed by atoms with Gasteiger partial charge in [0.25, 0.3) is 0 Å². The third kappa shape index (κ3) is 15.1. The van der Waals surface area contributed by atoms with E-state index in [9.17, 15) is 0 Å². The van der Waals surface area contributed by atoms with E-state index in [1.807, 2.05) is 0 Å². The monoisotopic (exact) mass is 245 g/mol. The Kier molecular flexibility index (Phi) is 15.3. The van der Waals surface area contributed by atoms with Gasteiger partial charge in [0.15, 0.2) is 0 Å². The lowest BCUT2D eigenvalue weighted by Crippen LogP contribution is -1.78. The molecule has 0 heteroatoms. The van der Waals surface area contributed by atoms with Gasteiger partial charge in [0.2, 0.25) is 0 Å². The van der Waals surface area contributed by atoms with Gasteiger partial charge in [-0.2, -0.15) is 0 Å². The third-order valence-electron chi connectivity index (χ3n) is 2.83. The van der Waals surface area contributed by atoms with Crippen molar-refractivity contribution in [2.45, 2.75) is 84.0 Å². The first kappa shape index (κ1) is 17.1. The summed E-state index contributed by atoms with van der Waals surface area (Å²) in [5.74, 6) is 12.8. The molecule has 101 valence electrons. The van der Waals surface area contributed by atoms with Crippen LogP contribution in [0.25, 0.3) is 0 Å². The van der Waals surface area contributed by atoms with Crippen molar-refractivity contribution in [3.05, 3.63) is 6.92 Å². The number of unbranched alkanes of at least 4 members (excludes halogenated alkanes) is 9. The van der Waals surface area contributed by atoms with E-state index in [1.54, 1.807) is 0 Å². The van der Waals surface area contributed by atoms with Crippen molar-refractivity contribution < 1.29 is 0 Å². The molecule has 0 unspecified atom stereocenters. The molecule has 0 aliphatic rings. The molecule has 0 amide bonds. The highest BCUT2D eigenvalue weighted by molar-refractivity contribution is 5.00. The first-order chi connectivity index (χ1) is 8.91. The Morgan fingerprint density at radius 1 is 0.611 bits per heavy atom. The zero-order chi connectivity index (χ0) is 13.3. The second-order valence-corrected chi connectivity index (χ2v) is 4.64. The number of hydrogen-bond donors (Lipinski definition) is 0. The maximum atomic E-state index is 3.85. The van der Waals surface area contributed by atoms with Gasteiger partial charge in [-0.25, -0.2) is 0 Å². The van der Waals surface area contributed by atoms with Crippen molar-refractivity contribution in [1.29, 1.82) is 0 Å². The molecule has 0 aromatic heterocycles. The summed E-state index contributed by atoms with van der Waals surface area (Å²) < 4.78 is 0. The SMILES string of the molecule is [CH2]CCCCCCCC#CCCCCC#CCC. The molecule has 0 aliphatic carbocycles. The molecule has 0 fully saturated rings. The molecule has 0 saturated carbocycles. The van der Waals surface area contributed by atoms with Crippen molar-refractivity contribution in [3.8, 4) is 23.7 Å². The molecule has 0 spiro atoms. The maximum Gasteiger partial charge on any atom is 0.00890 e. The Bertz CT molecular complexity index is 266. The molecule has 0 nitrogen and oxygen atoms in total. The van der Waals surface area contributed by atoms with Gasteiger partial charge in [0.1, 0.15) is 0 Å². The van der Waals surface area contributed by atoms with Gasteiger partial charge < -0.3 is 0 Å². The average molecular weight is 245 g/mol. The van der Waals surface area contributed by atoms with Crippen LogP contribution in [0.5, 0.6) is 0 Å². The largest absolute Gasteiger partial charge is 0.104 e. The molecule has 0 N–H and O–H groups in total. The molecule has 0 aromatic carbocycles. The zero-order valence-electron chi connectivity index (χ0n) is 12.2. The van der Waals surface area contributed by atoms with E-state index >= 15 is 0 Å². The summed E-state index contributed by atoms with van der Waals surface area (Å²) in [5, 5.41) is 0. The highest BCUT2D eigenvalue weighted by Gasteiger charge is 1.88. The van der Waals surface area contributed by atoms with Crippen LogP contribution >= 0.6 is 0 Å². The predicted molar refractivity (Wildman–Crippen MR) is 82.0 cm³/mol. The fourth-order valence-electron chi connectivity index (χ4n) is 1.74.